The van der Waals surface area contributed by atoms with E-state index in [0.29, 0.717) is 29.9 Å². The number of nitrogens with one attached hydrogen (secondary N) is 7. The molecule has 27 nitrogen and oxygen atoms in total. The lowest BCUT2D eigenvalue weighted by Crippen LogP contribution is -2.61. The van der Waals surface area contributed by atoms with Gasteiger partial charge in [0.1, 0.15) is 54.1 Å². The number of hydrogen-bond acceptors (Lipinski definition) is 13. The number of ether oxygens (including phenoxy) is 1. The number of nitrogens with two attached hydrogens (primary N) is 6. The Bertz CT molecular complexity index is 2490. The smallest absolute Gasteiger partial charge is 0.245 e. The molecule has 27 heteroatoms. The molecule has 440 valence electrons. The summed E-state index contributed by atoms with van der Waals surface area (Å²) in [6, 6.07) is 5.58. The van der Waals surface area contributed by atoms with E-state index in [9.17, 15) is 47.9 Å². The maximum Gasteiger partial charge on any atom is 0.245 e. The number of carbonyl (C=O) groups excluding carboxylic acids is 10. The highest BCUT2D eigenvalue weighted by molar-refractivity contribution is 5.99. The van der Waals surface area contributed by atoms with Crippen LogP contribution < -0.4 is 76.4 Å². The molecule has 8 atom stereocenters. The van der Waals surface area contributed by atoms with Crippen LogP contribution in [0.15, 0.2) is 64.6 Å². The number of amides is 10. The van der Waals surface area contributed by atoms with Crippen molar-refractivity contribution in [3.8, 4) is 5.75 Å². The van der Waals surface area contributed by atoms with Gasteiger partial charge in [-0.25, -0.2) is 0 Å². The van der Waals surface area contributed by atoms with Crippen LogP contribution in [0, 0.1) is 5.92 Å². The minimum atomic E-state index is -1.66. The van der Waals surface area contributed by atoms with Crippen molar-refractivity contribution in [2.24, 2.45) is 50.3 Å². The monoisotopic (exact) mass is 1120 g/mol. The van der Waals surface area contributed by atoms with Gasteiger partial charge in [0.05, 0.1) is 13.0 Å². The molecule has 1 fully saturated rings. The molecule has 2 aromatic rings. The van der Waals surface area contributed by atoms with Gasteiger partial charge in [0.25, 0.3) is 0 Å². The largest absolute Gasteiger partial charge is 0.494 e. The Hall–Kier alpha value is -8.52. The van der Waals surface area contributed by atoms with Gasteiger partial charge in [0, 0.05) is 38.9 Å². The Morgan fingerprint density at radius 2 is 1.11 bits per heavy atom. The first-order valence-electron chi connectivity index (χ1n) is 26.8. The maximum absolute atomic E-state index is 14.3. The van der Waals surface area contributed by atoms with Crippen molar-refractivity contribution in [2.75, 3.05) is 26.2 Å². The number of guanidine groups is 2. The van der Waals surface area contributed by atoms with Crippen LogP contribution in [0.25, 0.3) is 0 Å². The number of aliphatic imine (C=N–C) groups is 2. The minimum absolute atomic E-state index is 0.00777. The zero-order valence-corrected chi connectivity index (χ0v) is 46.3. The molecule has 0 bridgehead atoms. The molecule has 0 spiro atoms. The summed E-state index contributed by atoms with van der Waals surface area (Å²) in [6.45, 7) is 9.11. The predicted octanol–water partition coefficient (Wildman–Crippen LogP) is -2.80. The highest BCUT2D eigenvalue weighted by Crippen LogP contribution is 2.21. The second kappa shape index (κ2) is 33.7. The molecule has 3 rings (SSSR count). The molecule has 80 heavy (non-hydrogen) atoms. The molecule has 10 amide bonds. The van der Waals surface area contributed by atoms with Crippen molar-refractivity contribution < 1.29 is 52.7 Å². The molecule has 1 heterocycles. The van der Waals surface area contributed by atoms with E-state index in [1.54, 1.807) is 82.3 Å². The molecule has 1 aliphatic heterocycles. The first-order valence-corrected chi connectivity index (χ1v) is 26.8. The molecule has 0 aromatic heterocycles. The standard InChI is InChI=1S/C53H82N16O11/c1-6-34(51(79)69-26-14-19-40(69)49(77)65-36(18-13-25-61-53(58)59)45(73)64-35(44(55)72)17-12-24-60-52(56)57)63-47(75)39(29-41(54)70)67-50(78)43(30(4)5)68-48(76)38(27-31-15-10-9-11-16-31)66-46(74)37(62-42(71)7-2)28-32-20-22-33(23-21-32)80-8-3/h9-11,15-16,20-23,30,34-40,43H,6-8,12-14,17-19,24-29H2,1-5H3,(H2,54,70)(H2,55,72)(H,62,71)(H,63,75)(H,64,73)(H,65,77)(H,66,74)(H,67,78)(H,68,76)(H4,56,57,60)(H4,58,59,61). The second-order valence-corrected chi connectivity index (χ2v) is 19.5. The van der Waals surface area contributed by atoms with Crippen LogP contribution in [0.4, 0.5) is 0 Å². The quantitative estimate of drug-likeness (QED) is 0.0191. The van der Waals surface area contributed by atoms with E-state index in [0.717, 1.165) is 0 Å². The zero-order chi connectivity index (χ0) is 59.5. The topological polar surface area (TPSA) is 448 Å². The van der Waals surface area contributed by atoms with E-state index in [4.69, 9.17) is 39.1 Å². The SMILES string of the molecule is CCOc1ccc(CC(NC(=O)CC)C(=O)NC(Cc2ccccc2)C(=O)NC(C(=O)NC(CC(N)=O)C(=O)NC(CC)C(=O)N2CCCC2C(=O)NC(CCCN=C(N)N)C(=O)NC(CCCN=C(N)N)C(N)=O)C(C)C)cc1. The van der Waals surface area contributed by atoms with E-state index in [-0.39, 0.29) is 89.3 Å². The van der Waals surface area contributed by atoms with Gasteiger partial charge in [-0.05, 0) is 81.0 Å². The fourth-order valence-electron chi connectivity index (χ4n) is 8.64. The molecular weight excluding hydrogens is 1040 g/mol. The highest BCUT2D eigenvalue weighted by Gasteiger charge is 2.40. The Labute approximate surface area is 466 Å². The zero-order valence-electron chi connectivity index (χ0n) is 46.3. The molecule has 1 aliphatic rings. The number of nitrogens with zero attached hydrogens (tertiary/aromatic N) is 3. The number of primary amides is 2. The van der Waals surface area contributed by atoms with E-state index < -0.39 is 120 Å². The van der Waals surface area contributed by atoms with E-state index in [1.807, 2.05) is 6.92 Å². The van der Waals surface area contributed by atoms with Gasteiger partial charge < -0.3 is 81.3 Å². The normalized spacial score (nSPS) is 15.4. The summed E-state index contributed by atoms with van der Waals surface area (Å²) >= 11 is 0. The van der Waals surface area contributed by atoms with Gasteiger partial charge >= 0.3 is 0 Å². The first-order chi connectivity index (χ1) is 38.0. The number of benzene rings is 2. The van der Waals surface area contributed by atoms with Crippen LogP contribution >= 0.6 is 0 Å². The van der Waals surface area contributed by atoms with Crippen LogP contribution in [0.3, 0.4) is 0 Å². The lowest BCUT2D eigenvalue weighted by atomic mass is 9.99. The van der Waals surface area contributed by atoms with Crippen molar-refractivity contribution in [3.05, 3.63) is 65.7 Å². The van der Waals surface area contributed by atoms with Gasteiger partial charge in [-0.3, -0.25) is 57.9 Å². The second-order valence-electron chi connectivity index (χ2n) is 19.5. The average Bonchev–Trinajstić information content (AvgIpc) is 3.93. The molecule has 8 unspecified atom stereocenters. The molecule has 0 aliphatic carbocycles. The summed E-state index contributed by atoms with van der Waals surface area (Å²) in [5.74, 6) is -8.07. The van der Waals surface area contributed by atoms with Crippen LogP contribution in [0.5, 0.6) is 5.75 Å². The summed E-state index contributed by atoms with van der Waals surface area (Å²) in [5.41, 5.74) is 34.2. The van der Waals surface area contributed by atoms with E-state index >= 15 is 0 Å². The summed E-state index contributed by atoms with van der Waals surface area (Å²) in [7, 11) is 0. The van der Waals surface area contributed by atoms with Gasteiger partial charge in [-0.15, -0.1) is 0 Å². The van der Waals surface area contributed by atoms with Crippen molar-refractivity contribution in [2.45, 2.75) is 154 Å². The van der Waals surface area contributed by atoms with Gasteiger partial charge in [0.15, 0.2) is 11.9 Å². The summed E-state index contributed by atoms with van der Waals surface area (Å²) in [6.07, 6.45) is 0.518. The minimum Gasteiger partial charge on any atom is -0.494 e. The first kappa shape index (κ1) is 65.8. The fraction of sp³-hybridized carbons (Fsp3) is 0.547. The lowest BCUT2D eigenvalue weighted by Gasteiger charge is -2.31. The Morgan fingerprint density at radius 3 is 1.65 bits per heavy atom. The lowest BCUT2D eigenvalue weighted by molar-refractivity contribution is -0.143. The Morgan fingerprint density at radius 1 is 0.600 bits per heavy atom. The molecule has 1 saturated heterocycles. The highest BCUT2D eigenvalue weighted by atomic mass is 16.5. The van der Waals surface area contributed by atoms with Crippen molar-refractivity contribution in [1.29, 1.82) is 0 Å². The third-order valence-electron chi connectivity index (χ3n) is 12.9. The number of carbonyl (C=O) groups is 10. The maximum atomic E-state index is 14.3. The van der Waals surface area contributed by atoms with Crippen molar-refractivity contribution >= 4 is 71.0 Å². The number of rotatable bonds is 34. The van der Waals surface area contributed by atoms with E-state index in [1.165, 1.54) is 4.90 Å². The van der Waals surface area contributed by atoms with E-state index in [2.05, 4.69) is 47.2 Å². The fourth-order valence-corrected chi connectivity index (χ4v) is 8.64. The van der Waals surface area contributed by atoms with Crippen LogP contribution in [-0.4, -0.2) is 150 Å². The van der Waals surface area contributed by atoms with Crippen molar-refractivity contribution in [1.82, 2.24) is 42.1 Å². The van der Waals surface area contributed by atoms with Crippen LogP contribution in [0.1, 0.15) is 104 Å². The van der Waals surface area contributed by atoms with Gasteiger partial charge in [-0.1, -0.05) is 70.2 Å². The molecule has 19 N–H and O–H groups in total. The third kappa shape index (κ3) is 22.4. The van der Waals surface area contributed by atoms with Crippen LogP contribution in [0.2, 0.25) is 0 Å². The summed E-state index contributed by atoms with van der Waals surface area (Å²) in [4.78, 5) is 145. The Balaban J connectivity index is 1.82. The molecule has 2 aromatic carbocycles. The third-order valence-corrected chi connectivity index (χ3v) is 12.9. The number of likely N-dealkylation sites (tertiary alicyclic amines) is 1. The number of hydrogen-bond donors (Lipinski definition) is 13. The van der Waals surface area contributed by atoms with Crippen molar-refractivity contribution in [3.63, 3.8) is 0 Å². The van der Waals surface area contributed by atoms with Gasteiger partial charge in [0.2, 0.25) is 59.1 Å². The molecule has 0 radical (unpaired) electrons. The molecule has 0 saturated carbocycles. The summed E-state index contributed by atoms with van der Waals surface area (Å²) in [5, 5.41) is 18.6. The van der Waals surface area contributed by atoms with Gasteiger partial charge in [-0.2, -0.15) is 0 Å². The Kier molecular flexibility index (Phi) is 27.7. The van der Waals surface area contributed by atoms with Crippen LogP contribution in [-0.2, 0) is 60.8 Å². The predicted molar refractivity (Wildman–Crippen MR) is 298 cm³/mol. The average molecular weight is 1120 g/mol. The molecular formula is C53H82N16O11. The summed E-state index contributed by atoms with van der Waals surface area (Å²) < 4.78 is 5.54.